The molecule has 1 atom stereocenters. The van der Waals surface area contributed by atoms with Crippen LogP contribution in [0.15, 0.2) is 29.4 Å². The van der Waals surface area contributed by atoms with Crippen molar-refractivity contribution in [3.8, 4) is 0 Å². The summed E-state index contributed by atoms with van der Waals surface area (Å²) in [5.41, 5.74) is 4.27. The molecule has 0 saturated heterocycles. The Morgan fingerprint density at radius 3 is 2.84 bits per heavy atom. The Kier molecular flexibility index (Phi) is 3.90. The van der Waals surface area contributed by atoms with Crippen molar-refractivity contribution < 1.29 is 23.1 Å². The van der Waals surface area contributed by atoms with Gasteiger partial charge in [0.25, 0.3) is 6.43 Å². The van der Waals surface area contributed by atoms with E-state index in [4.69, 9.17) is 10.8 Å². The first-order valence-corrected chi connectivity index (χ1v) is 7.20. The molecule has 0 spiro atoms. The maximum Gasteiger partial charge on any atom is 0.410 e. The average Bonchev–Trinajstić information content (AvgIpc) is 2.92. The summed E-state index contributed by atoms with van der Waals surface area (Å²) in [6, 6.07) is 3.85. The summed E-state index contributed by atoms with van der Waals surface area (Å²) >= 11 is 0. The van der Waals surface area contributed by atoms with Crippen LogP contribution in [0.3, 0.4) is 0 Å². The van der Waals surface area contributed by atoms with E-state index in [0.717, 1.165) is 16.8 Å². The van der Waals surface area contributed by atoms with Gasteiger partial charge in [0, 0.05) is 11.3 Å². The Morgan fingerprint density at radius 1 is 1.48 bits per heavy atom. The SMILES string of the molecule is CC1(c2cc(N)ccc2F)Cn2c(C(F)F)cnc2C(NC(=O)O)=N1. The van der Waals surface area contributed by atoms with Gasteiger partial charge in [-0.05, 0) is 25.1 Å². The number of amidine groups is 1. The zero-order valence-electron chi connectivity index (χ0n) is 13.0. The van der Waals surface area contributed by atoms with E-state index in [0.29, 0.717) is 0 Å². The molecule has 0 aliphatic carbocycles. The van der Waals surface area contributed by atoms with Crippen molar-refractivity contribution in [1.29, 1.82) is 0 Å². The van der Waals surface area contributed by atoms with Crippen LogP contribution in [-0.2, 0) is 12.1 Å². The Bertz CT molecular complexity index is 880. The fourth-order valence-corrected chi connectivity index (χ4v) is 2.84. The number of amides is 1. The van der Waals surface area contributed by atoms with Gasteiger partial charge in [0.15, 0.2) is 11.7 Å². The number of nitrogen functional groups attached to an aromatic ring is 1. The molecule has 2 aromatic rings. The molecule has 0 fully saturated rings. The minimum atomic E-state index is -2.83. The van der Waals surface area contributed by atoms with Crippen molar-refractivity contribution in [2.45, 2.75) is 25.4 Å². The molecule has 7 nitrogen and oxygen atoms in total. The fraction of sp³-hybridized carbons (Fsp3) is 0.267. The number of rotatable bonds is 2. The lowest BCUT2D eigenvalue weighted by Crippen LogP contribution is -2.42. The van der Waals surface area contributed by atoms with Crippen LogP contribution in [-0.4, -0.2) is 26.6 Å². The average molecular weight is 353 g/mol. The van der Waals surface area contributed by atoms with Crippen molar-refractivity contribution in [2.24, 2.45) is 4.99 Å². The van der Waals surface area contributed by atoms with Gasteiger partial charge >= 0.3 is 6.09 Å². The first kappa shape index (κ1) is 16.8. The van der Waals surface area contributed by atoms with Crippen molar-refractivity contribution in [3.05, 3.63) is 47.3 Å². The first-order valence-electron chi connectivity index (χ1n) is 7.20. The third-order valence-corrected chi connectivity index (χ3v) is 3.94. The summed E-state index contributed by atoms with van der Waals surface area (Å²) in [5, 5.41) is 11.0. The lowest BCUT2D eigenvalue weighted by molar-refractivity contribution is 0.138. The van der Waals surface area contributed by atoms with Gasteiger partial charge in [0.1, 0.15) is 17.1 Å². The largest absolute Gasteiger partial charge is 0.465 e. The molecule has 1 aromatic carbocycles. The van der Waals surface area contributed by atoms with Crippen LogP contribution >= 0.6 is 0 Å². The first-order chi connectivity index (χ1) is 11.7. The van der Waals surface area contributed by atoms with Crippen LogP contribution in [0, 0.1) is 5.82 Å². The van der Waals surface area contributed by atoms with E-state index in [1.165, 1.54) is 19.1 Å². The highest BCUT2D eigenvalue weighted by Gasteiger charge is 2.38. The molecular formula is C15H14F3N5O2. The maximum absolute atomic E-state index is 14.3. The molecule has 3 rings (SSSR count). The van der Waals surface area contributed by atoms with Crippen LogP contribution in [0.2, 0.25) is 0 Å². The molecule has 0 saturated carbocycles. The molecule has 2 heterocycles. The van der Waals surface area contributed by atoms with Crippen LogP contribution in [0.1, 0.15) is 30.4 Å². The number of imidazole rings is 1. The maximum atomic E-state index is 14.3. The van der Waals surface area contributed by atoms with Gasteiger partial charge in [-0.3, -0.25) is 10.3 Å². The second kappa shape index (κ2) is 5.80. The van der Waals surface area contributed by atoms with Crippen LogP contribution in [0.25, 0.3) is 0 Å². The zero-order valence-corrected chi connectivity index (χ0v) is 13.0. The summed E-state index contributed by atoms with van der Waals surface area (Å²) in [5.74, 6) is -0.924. The number of nitrogens with zero attached hydrogens (tertiary/aromatic N) is 3. The summed E-state index contributed by atoms with van der Waals surface area (Å²) in [6.07, 6.45) is -3.33. The summed E-state index contributed by atoms with van der Waals surface area (Å²) in [4.78, 5) is 19.1. The monoisotopic (exact) mass is 353 g/mol. The molecule has 10 heteroatoms. The molecular weight excluding hydrogens is 339 g/mol. The topological polar surface area (TPSA) is 106 Å². The number of hydrogen-bond acceptors (Lipinski definition) is 4. The second-order valence-electron chi connectivity index (χ2n) is 5.80. The summed E-state index contributed by atoms with van der Waals surface area (Å²) in [7, 11) is 0. The van der Waals surface area contributed by atoms with E-state index in [1.807, 2.05) is 5.32 Å². The number of fused-ring (bicyclic) bond motifs is 1. The zero-order chi connectivity index (χ0) is 18.4. The van der Waals surface area contributed by atoms with Crippen molar-refractivity contribution in [3.63, 3.8) is 0 Å². The fourth-order valence-electron chi connectivity index (χ4n) is 2.84. The van der Waals surface area contributed by atoms with Gasteiger partial charge < -0.3 is 15.4 Å². The molecule has 132 valence electrons. The smallest absolute Gasteiger partial charge is 0.410 e. The number of carbonyl (C=O) groups is 1. The van der Waals surface area contributed by atoms with Gasteiger partial charge in [0.2, 0.25) is 0 Å². The molecule has 1 aliphatic rings. The van der Waals surface area contributed by atoms with E-state index in [9.17, 15) is 18.0 Å². The number of halogens is 3. The lowest BCUT2D eigenvalue weighted by atomic mass is 9.90. The van der Waals surface area contributed by atoms with Crippen LogP contribution < -0.4 is 11.1 Å². The number of alkyl halides is 2. The molecule has 1 aromatic heterocycles. The van der Waals surface area contributed by atoms with Gasteiger partial charge in [-0.1, -0.05) is 0 Å². The van der Waals surface area contributed by atoms with Crippen molar-refractivity contribution in [2.75, 3.05) is 5.73 Å². The quantitative estimate of drug-likeness (QED) is 0.721. The number of aliphatic imine (C=N–C) groups is 1. The van der Waals surface area contributed by atoms with E-state index in [1.54, 1.807) is 0 Å². The molecule has 1 amide bonds. The molecule has 1 unspecified atom stereocenters. The second-order valence-corrected chi connectivity index (χ2v) is 5.80. The summed E-state index contributed by atoms with van der Waals surface area (Å²) < 4.78 is 41.9. The number of carboxylic acid groups (broad SMARTS) is 1. The van der Waals surface area contributed by atoms with E-state index in [-0.39, 0.29) is 29.5 Å². The van der Waals surface area contributed by atoms with Gasteiger partial charge in [-0.25, -0.2) is 22.9 Å². The normalized spacial score (nSPS) is 19.5. The number of nitrogens with one attached hydrogen (secondary N) is 1. The molecule has 4 N–H and O–H groups in total. The predicted octanol–water partition coefficient (Wildman–Crippen LogP) is 2.49. The minimum absolute atomic E-state index is 0.0560. The predicted molar refractivity (Wildman–Crippen MR) is 83.0 cm³/mol. The molecule has 0 radical (unpaired) electrons. The number of aromatic nitrogens is 2. The summed E-state index contributed by atoms with van der Waals surface area (Å²) in [6.45, 7) is 1.36. The Morgan fingerprint density at radius 2 is 2.20 bits per heavy atom. The van der Waals surface area contributed by atoms with E-state index < -0.39 is 29.6 Å². The number of hydrogen-bond donors (Lipinski definition) is 3. The lowest BCUT2D eigenvalue weighted by Gasteiger charge is -2.33. The minimum Gasteiger partial charge on any atom is -0.465 e. The third kappa shape index (κ3) is 2.90. The highest BCUT2D eigenvalue weighted by molar-refractivity contribution is 6.04. The molecule has 0 bridgehead atoms. The van der Waals surface area contributed by atoms with Gasteiger partial charge in [-0.2, -0.15) is 0 Å². The Labute approximate surface area is 140 Å². The van der Waals surface area contributed by atoms with Gasteiger partial charge in [0.05, 0.1) is 12.7 Å². The standard InChI is InChI=1S/C15H14F3N5O2/c1-15(8-4-7(19)2-3-9(8)16)6-23-10(11(17)18)5-20-13(23)12(22-15)21-14(24)25/h2-5,11H,6,19H2,1H3,(H,21,22)(H,24,25). The van der Waals surface area contributed by atoms with E-state index >= 15 is 0 Å². The number of anilines is 1. The van der Waals surface area contributed by atoms with Crippen LogP contribution in [0.4, 0.5) is 23.7 Å². The van der Waals surface area contributed by atoms with E-state index in [2.05, 4.69) is 9.98 Å². The molecule has 25 heavy (non-hydrogen) atoms. The third-order valence-electron chi connectivity index (χ3n) is 3.94. The van der Waals surface area contributed by atoms with Crippen molar-refractivity contribution >= 4 is 17.6 Å². The Balaban J connectivity index is 2.19. The highest BCUT2D eigenvalue weighted by Crippen LogP contribution is 2.36. The Hall–Kier alpha value is -3.04. The number of nitrogens with two attached hydrogens (primary N) is 1. The highest BCUT2D eigenvalue weighted by atomic mass is 19.3. The van der Waals surface area contributed by atoms with Gasteiger partial charge in [-0.15, -0.1) is 0 Å². The van der Waals surface area contributed by atoms with Crippen molar-refractivity contribution in [1.82, 2.24) is 14.9 Å². The molecule has 1 aliphatic heterocycles. The number of benzene rings is 1. The van der Waals surface area contributed by atoms with Crippen LogP contribution in [0.5, 0.6) is 0 Å².